The van der Waals surface area contributed by atoms with Crippen molar-refractivity contribution in [2.24, 2.45) is 0 Å². The lowest BCUT2D eigenvalue weighted by molar-refractivity contribution is 0.466. The zero-order valence-electron chi connectivity index (χ0n) is 13.4. The molecule has 0 saturated heterocycles. The van der Waals surface area contributed by atoms with Crippen molar-refractivity contribution in [2.45, 2.75) is 17.2 Å². The van der Waals surface area contributed by atoms with Crippen molar-refractivity contribution in [1.29, 1.82) is 0 Å². The van der Waals surface area contributed by atoms with Crippen LogP contribution in [0.15, 0.2) is 55.1 Å². The van der Waals surface area contributed by atoms with Gasteiger partial charge in [-0.2, -0.15) is 0 Å². The molecule has 0 aliphatic rings. The predicted molar refractivity (Wildman–Crippen MR) is 107 cm³/mol. The van der Waals surface area contributed by atoms with Gasteiger partial charge in [0.1, 0.15) is 15.7 Å². The minimum absolute atomic E-state index is 0.483. The van der Waals surface area contributed by atoms with Gasteiger partial charge in [-0.25, -0.2) is 9.97 Å². The summed E-state index contributed by atoms with van der Waals surface area (Å²) in [6, 6.07) is 8.10. The Kier molecular flexibility index (Phi) is 4.08. The number of rotatable bonds is 4. The fourth-order valence-electron chi connectivity index (χ4n) is 2.53. The average Bonchev–Trinajstić information content (AvgIpc) is 3.40. The monoisotopic (exact) mass is 414 g/mol. The fraction of sp³-hybridized carbons (Fsp3) is 0.0588. The number of hydrogen-bond acceptors (Lipinski definition) is 9. The summed E-state index contributed by atoms with van der Waals surface area (Å²) in [6.45, 7) is 1.90. The summed E-state index contributed by atoms with van der Waals surface area (Å²) >= 11 is 6.31. The molecule has 0 aliphatic heterocycles. The van der Waals surface area contributed by atoms with E-state index in [-0.39, 0.29) is 0 Å². The highest BCUT2D eigenvalue weighted by Crippen LogP contribution is 2.41. The van der Waals surface area contributed by atoms with Gasteiger partial charge < -0.3 is 4.42 Å². The minimum atomic E-state index is 0.483. The Morgan fingerprint density at radius 2 is 1.77 bits per heavy atom. The molecule has 9 heteroatoms. The second kappa shape index (κ2) is 6.58. The first-order valence-electron chi connectivity index (χ1n) is 7.63. The highest BCUT2D eigenvalue weighted by molar-refractivity contribution is 7.99. The van der Waals surface area contributed by atoms with E-state index in [0.717, 1.165) is 31.5 Å². The summed E-state index contributed by atoms with van der Waals surface area (Å²) in [5.74, 6) is 1.27. The van der Waals surface area contributed by atoms with Gasteiger partial charge in [0.25, 0.3) is 11.1 Å². The van der Waals surface area contributed by atoms with Crippen molar-refractivity contribution in [2.75, 3.05) is 0 Å². The van der Waals surface area contributed by atoms with Crippen LogP contribution in [0.4, 0.5) is 0 Å². The van der Waals surface area contributed by atoms with E-state index in [9.17, 15) is 0 Å². The number of nitrogens with zero attached hydrogens (tertiary/aromatic N) is 4. The molecule has 0 amide bonds. The SMILES string of the molecule is Cc1nc(Sc2nnc(-c3cccs3)o2)c2c(-c3cccs3)csc2n1. The molecule has 0 bridgehead atoms. The molecule has 0 saturated carbocycles. The van der Waals surface area contributed by atoms with Gasteiger partial charge in [-0.15, -0.1) is 44.2 Å². The summed E-state index contributed by atoms with van der Waals surface area (Å²) in [6.07, 6.45) is 0. The molecule has 0 radical (unpaired) electrons. The van der Waals surface area contributed by atoms with Crippen LogP contribution in [0.2, 0.25) is 0 Å². The highest BCUT2D eigenvalue weighted by Gasteiger charge is 2.19. The maximum atomic E-state index is 5.82. The molecule has 0 fully saturated rings. The number of thiophene rings is 3. The molecular weight excluding hydrogens is 404 g/mol. The summed E-state index contributed by atoms with van der Waals surface area (Å²) in [4.78, 5) is 12.4. The van der Waals surface area contributed by atoms with Crippen LogP contribution in [0.1, 0.15) is 5.82 Å². The molecule has 5 heterocycles. The lowest BCUT2D eigenvalue weighted by atomic mass is 10.2. The highest BCUT2D eigenvalue weighted by atomic mass is 32.2. The Bertz CT molecular complexity index is 1180. The van der Waals surface area contributed by atoms with Crippen LogP contribution in [-0.2, 0) is 0 Å². The lowest BCUT2D eigenvalue weighted by Crippen LogP contribution is -1.91. The van der Waals surface area contributed by atoms with Crippen LogP contribution in [0.3, 0.4) is 0 Å². The van der Waals surface area contributed by atoms with E-state index in [1.807, 2.05) is 24.4 Å². The van der Waals surface area contributed by atoms with Crippen molar-refractivity contribution < 1.29 is 4.42 Å². The molecule has 5 nitrogen and oxygen atoms in total. The van der Waals surface area contributed by atoms with Crippen LogP contribution in [0, 0.1) is 6.92 Å². The van der Waals surface area contributed by atoms with E-state index in [0.29, 0.717) is 11.1 Å². The quantitative estimate of drug-likeness (QED) is 0.337. The molecule has 0 spiro atoms. The van der Waals surface area contributed by atoms with Gasteiger partial charge in [0.05, 0.1) is 10.3 Å². The molecule has 0 atom stereocenters. The maximum absolute atomic E-state index is 5.82. The first-order chi connectivity index (χ1) is 12.8. The number of aromatic nitrogens is 4. The van der Waals surface area contributed by atoms with Gasteiger partial charge in [-0.05, 0) is 41.6 Å². The molecular formula is C17H10N4OS4. The van der Waals surface area contributed by atoms with E-state index >= 15 is 0 Å². The van der Waals surface area contributed by atoms with Crippen LogP contribution in [0.25, 0.3) is 31.4 Å². The molecule has 0 aromatic carbocycles. The summed E-state index contributed by atoms with van der Waals surface area (Å²) in [7, 11) is 0. The van der Waals surface area contributed by atoms with Gasteiger partial charge in [0.15, 0.2) is 0 Å². The van der Waals surface area contributed by atoms with Crippen molar-refractivity contribution in [3.63, 3.8) is 0 Å². The topological polar surface area (TPSA) is 64.7 Å². The predicted octanol–water partition coefficient (Wildman–Crippen LogP) is 5.99. The smallest absolute Gasteiger partial charge is 0.283 e. The van der Waals surface area contributed by atoms with Gasteiger partial charge in [-0.1, -0.05) is 12.1 Å². The molecule has 128 valence electrons. The van der Waals surface area contributed by atoms with E-state index in [2.05, 4.69) is 43.1 Å². The maximum Gasteiger partial charge on any atom is 0.283 e. The second-order valence-corrected chi connectivity index (χ2v) is 9.03. The number of hydrogen-bond donors (Lipinski definition) is 0. The van der Waals surface area contributed by atoms with Crippen molar-refractivity contribution >= 4 is 56.0 Å². The Morgan fingerprint density at radius 1 is 0.962 bits per heavy atom. The number of aryl methyl sites for hydroxylation is 1. The second-order valence-electron chi connectivity index (χ2n) is 5.34. The Morgan fingerprint density at radius 3 is 2.54 bits per heavy atom. The molecule has 0 N–H and O–H groups in total. The Hall–Kier alpha value is -2.07. The van der Waals surface area contributed by atoms with Gasteiger partial charge in [0.2, 0.25) is 0 Å². The Balaban J connectivity index is 1.59. The van der Waals surface area contributed by atoms with Crippen LogP contribution in [-0.4, -0.2) is 20.2 Å². The van der Waals surface area contributed by atoms with Crippen molar-refractivity contribution in [1.82, 2.24) is 20.2 Å². The normalized spacial score (nSPS) is 11.4. The average molecular weight is 415 g/mol. The Labute approximate surface area is 164 Å². The van der Waals surface area contributed by atoms with Crippen molar-refractivity contribution in [3.05, 3.63) is 46.2 Å². The fourth-order valence-corrected chi connectivity index (χ4v) is 5.90. The first-order valence-corrected chi connectivity index (χ1v) is 11.1. The zero-order chi connectivity index (χ0) is 17.5. The van der Waals surface area contributed by atoms with Gasteiger partial charge in [-0.3, -0.25) is 0 Å². The summed E-state index contributed by atoms with van der Waals surface area (Å²) in [5.41, 5.74) is 1.15. The molecule has 0 unspecified atom stereocenters. The first kappa shape index (κ1) is 16.1. The molecule has 26 heavy (non-hydrogen) atoms. The molecule has 0 aliphatic carbocycles. The van der Waals surface area contributed by atoms with E-state index in [1.165, 1.54) is 16.6 Å². The third kappa shape index (κ3) is 2.86. The molecule has 5 rings (SSSR count). The van der Waals surface area contributed by atoms with Crippen molar-refractivity contribution in [3.8, 4) is 21.2 Å². The molecule has 5 aromatic rings. The summed E-state index contributed by atoms with van der Waals surface area (Å²) < 4.78 is 5.82. The van der Waals surface area contributed by atoms with E-state index in [4.69, 9.17) is 4.42 Å². The largest absolute Gasteiger partial charge is 0.410 e. The minimum Gasteiger partial charge on any atom is -0.410 e. The van der Waals surface area contributed by atoms with E-state index in [1.54, 1.807) is 34.0 Å². The number of fused-ring (bicyclic) bond motifs is 1. The standard InChI is InChI=1S/C17H10N4OS4/c1-9-18-15-13(10(8-25-15)11-4-2-6-23-11)16(19-9)26-17-21-20-14(22-17)12-5-3-7-24-12/h2-8H,1H3. The molecule has 5 aromatic heterocycles. The van der Waals surface area contributed by atoms with Crippen LogP contribution >= 0.6 is 45.8 Å². The van der Waals surface area contributed by atoms with Gasteiger partial charge in [0, 0.05) is 15.8 Å². The zero-order valence-corrected chi connectivity index (χ0v) is 16.6. The van der Waals surface area contributed by atoms with Crippen LogP contribution in [0.5, 0.6) is 0 Å². The van der Waals surface area contributed by atoms with Crippen LogP contribution < -0.4 is 0 Å². The lowest BCUT2D eigenvalue weighted by Gasteiger charge is -2.03. The third-order valence-corrected chi connectivity index (χ3v) is 7.08. The van der Waals surface area contributed by atoms with Gasteiger partial charge >= 0.3 is 0 Å². The third-order valence-electron chi connectivity index (χ3n) is 3.62. The summed E-state index contributed by atoms with van der Waals surface area (Å²) in [5, 5.41) is 16.9. The van der Waals surface area contributed by atoms with E-state index < -0.39 is 0 Å².